The van der Waals surface area contributed by atoms with Crippen molar-refractivity contribution in [2.45, 2.75) is 260 Å². The fraction of sp³-hybridized carbons (Fsp3) is 0.564. The predicted molar refractivity (Wildman–Crippen MR) is 553 cm³/mol. The van der Waals surface area contributed by atoms with Crippen LogP contribution in [0.25, 0.3) is 10.9 Å². The van der Waals surface area contributed by atoms with Gasteiger partial charge in [0.05, 0.1) is 37.3 Å². The number of aliphatic carboxylic acids is 1. The minimum Gasteiger partial charge on any atom is -0.480 e. The maximum Gasteiger partial charge on any atom is 0.326 e. The molecule has 18 atom stereocenters. The van der Waals surface area contributed by atoms with Crippen molar-refractivity contribution in [2.24, 2.45) is 66.9 Å². The molecule has 0 aliphatic carbocycles. The summed E-state index contributed by atoms with van der Waals surface area (Å²) in [6.45, 7) is 8.78. The van der Waals surface area contributed by atoms with Gasteiger partial charge in [0, 0.05) is 93.7 Å². The number of fused-ring (bicyclic) bond motifs is 1. The van der Waals surface area contributed by atoms with E-state index in [2.05, 4.69) is 132 Å². The Labute approximate surface area is 870 Å². The Balaban J connectivity index is 1.03. The highest BCUT2D eigenvalue weighted by Gasteiger charge is 2.44. The summed E-state index contributed by atoms with van der Waals surface area (Å²) in [6, 6.07) is -10.4. The second-order valence-electron chi connectivity index (χ2n) is 37.0. The number of carboxylic acids is 1. The fourth-order valence-electron chi connectivity index (χ4n) is 16.4. The zero-order valence-electron chi connectivity index (χ0n) is 84.5. The molecule has 2 saturated heterocycles. The first-order valence-corrected chi connectivity index (χ1v) is 51.1. The molecule has 53 nitrogen and oxygen atoms in total. The van der Waals surface area contributed by atoms with Gasteiger partial charge < -0.3 is 160 Å². The summed E-state index contributed by atoms with van der Waals surface area (Å²) in [7, 11) is 0. The van der Waals surface area contributed by atoms with Gasteiger partial charge in [0.25, 0.3) is 0 Å². The lowest BCUT2D eigenvalue weighted by Gasteiger charge is -2.31. The molecular weight excluding hydrogens is 1980 g/mol. The van der Waals surface area contributed by atoms with Gasteiger partial charge in [0.2, 0.25) is 100 Å². The van der Waals surface area contributed by atoms with Crippen molar-refractivity contribution in [1.29, 1.82) is 0 Å². The average Bonchev–Trinajstić information content (AvgIpc) is 1.77. The molecule has 2 aliphatic heterocycles. The van der Waals surface area contributed by atoms with Gasteiger partial charge in [0.1, 0.15) is 109 Å². The summed E-state index contributed by atoms with van der Waals surface area (Å²) >= 11 is 5.66. The number of imidazole rings is 2. The molecule has 55 heteroatoms. The van der Waals surface area contributed by atoms with Crippen molar-refractivity contribution >= 4 is 160 Å². The van der Waals surface area contributed by atoms with Crippen molar-refractivity contribution in [3.8, 4) is 0 Å². The molecule has 149 heavy (non-hydrogen) atoms. The summed E-state index contributed by atoms with van der Waals surface area (Å²) in [6.07, 6.45) is 8.59. The van der Waals surface area contributed by atoms with Crippen LogP contribution in [0.4, 0.5) is 0 Å². The Morgan fingerprint density at radius 3 is 1.34 bits per heavy atom. The highest BCUT2D eigenvalue weighted by Crippen LogP contribution is 2.25. The molecule has 18 unspecified atom stereocenters. The molecule has 2 aromatic carbocycles. The highest BCUT2D eigenvalue weighted by atomic mass is 32.2. The van der Waals surface area contributed by atoms with E-state index in [1.807, 2.05) is 0 Å². The number of hydrogen-bond donors (Lipinski definition) is 29. The van der Waals surface area contributed by atoms with E-state index in [4.69, 9.17) is 40.1 Å². The van der Waals surface area contributed by atoms with Crippen LogP contribution < -0.4 is 120 Å². The van der Waals surface area contributed by atoms with Crippen molar-refractivity contribution in [2.75, 3.05) is 63.7 Å². The lowest BCUT2D eigenvalue weighted by molar-refractivity contribution is -0.149. The number of nitrogens with one attached hydrogen (secondary N) is 18. The number of aromatic nitrogens is 5. The molecule has 2 fully saturated rings. The number of aliphatic hydroxyl groups is 2. The molecule has 5 aromatic rings. The monoisotopic (exact) mass is 2120 g/mol. The number of thiol groups is 1. The van der Waals surface area contributed by atoms with Gasteiger partial charge in [-0.3, -0.25) is 96.5 Å². The molecule has 0 spiro atoms. The molecule has 3 aromatic heterocycles. The number of carbonyl (C=O) groups is 18. The third-order valence-corrected chi connectivity index (χ3v) is 25.5. The number of nitrogens with zero attached hydrogens (tertiary/aromatic N) is 7. The number of aromatic amines is 3. The highest BCUT2D eigenvalue weighted by molar-refractivity contribution is 7.98. The number of carboxylic acid groups (broad SMARTS) is 1. The lowest BCUT2D eigenvalue weighted by Crippen LogP contribution is -2.62. The molecule has 818 valence electrons. The third kappa shape index (κ3) is 39.1. The van der Waals surface area contributed by atoms with Crippen LogP contribution in [-0.4, -0.2) is 347 Å². The van der Waals surface area contributed by atoms with Crippen molar-refractivity contribution in [1.82, 2.24) is 114 Å². The minimum atomic E-state index is -1.91. The first kappa shape index (κ1) is 121. The van der Waals surface area contributed by atoms with E-state index >= 15 is 14.4 Å². The Morgan fingerprint density at radius 1 is 0.436 bits per heavy atom. The van der Waals surface area contributed by atoms with Gasteiger partial charge >= 0.3 is 5.97 Å². The van der Waals surface area contributed by atoms with Crippen LogP contribution >= 0.6 is 24.4 Å². The summed E-state index contributed by atoms with van der Waals surface area (Å²) in [5.41, 5.74) is 41.5. The standard InChI is InChI=1S/C94H144N32O21S2/c1-48(2)35-64(81(136)121-68(36-53-19-10-9-11-20-53)90(145)125-32-17-26-71(125)87(142)112-50(5)74(129)110-51(6)75(130)117-66(38-55-41-102-46-108-55)84(139)116-63(25-16-31-106-94(100)101)89(144)126-33-18-27-72(126)91(146)147)120-88(143)73(49(3)4)124-76(131)52(7)111-78(133)60(23-14-29-104-92(96)97)115-85(140)69(44-128)122-82(137)65(37-54-40-107-59-22-13-12-21-57(54)59)118-79(134)61(24-15-30-105-93(98)99)114-83(138)67(39-56-42-103-47-109-56)119-86(141)70(45-148)123-80(135)62(28-34-149-8)113-77(132)58(95)43-127/h9-13,19-22,40-42,46-52,58,60-73,107,127-128,148H,14-18,23-39,43-45,95H2,1-8H3,(H,102,108)(H,103,109)(H,110,129)(H,111,133)(H,112,142)(H,113,132)(H,114,138)(H,115,140)(H,116,139)(H,117,130)(H,118,134)(H,119,141)(H,120,143)(H,121,136)(H,122,137)(H,123,135)(H,124,131)(H,146,147)(H4,96,97,104)(H4,98,99,105)(H4,100,101,106). The number of hydrogen-bond acceptors (Lipinski definition) is 28. The topological polar surface area (TPSA) is 847 Å². The summed E-state index contributed by atoms with van der Waals surface area (Å²) in [5.74, 6) is -18.3. The zero-order valence-corrected chi connectivity index (χ0v) is 86.2. The van der Waals surface area contributed by atoms with Gasteiger partial charge in [-0.1, -0.05) is 76.2 Å². The van der Waals surface area contributed by atoms with Crippen molar-refractivity contribution < 1.29 is 102 Å². The van der Waals surface area contributed by atoms with E-state index in [9.17, 15) is 87.2 Å². The molecule has 35 N–H and O–H groups in total. The van der Waals surface area contributed by atoms with E-state index in [0.29, 0.717) is 46.3 Å². The van der Waals surface area contributed by atoms with Crippen molar-refractivity contribution in [3.63, 3.8) is 0 Å². The van der Waals surface area contributed by atoms with Crippen LogP contribution in [-0.2, 0) is 112 Å². The zero-order chi connectivity index (χ0) is 110. The van der Waals surface area contributed by atoms with Crippen LogP contribution in [0.1, 0.15) is 148 Å². The van der Waals surface area contributed by atoms with E-state index in [0.717, 1.165) is 0 Å². The molecular formula is C94H144N32O21S2. The lowest BCUT2D eigenvalue weighted by atomic mass is 9.98. The second kappa shape index (κ2) is 61.1. The number of aliphatic hydroxyl groups excluding tert-OH is 2. The molecule has 7 rings (SSSR count). The number of nitrogens with two attached hydrogens (primary N) is 7. The molecule has 5 heterocycles. The third-order valence-electron chi connectivity index (χ3n) is 24.5. The smallest absolute Gasteiger partial charge is 0.326 e. The average molecular weight is 2120 g/mol. The summed E-state index contributed by atoms with van der Waals surface area (Å²) < 4.78 is 0. The Bertz CT molecular complexity index is 5430. The number of para-hydroxylation sites is 1. The van der Waals surface area contributed by atoms with Gasteiger partial charge in [-0.05, 0) is 139 Å². The summed E-state index contributed by atoms with van der Waals surface area (Å²) in [5, 5.41) is 70.2. The fourth-order valence-corrected chi connectivity index (χ4v) is 17.1. The van der Waals surface area contributed by atoms with Gasteiger partial charge in [-0.25, -0.2) is 14.8 Å². The predicted octanol–water partition coefficient (Wildman–Crippen LogP) is -7.86. The number of thioether (sulfide) groups is 1. The maximum atomic E-state index is 15.1. The van der Waals surface area contributed by atoms with E-state index in [1.165, 1.54) is 67.4 Å². The maximum absolute atomic E-state index is 15.1. The van der Waals surface area contributed by atoms with Gasteiger partial charge in [0.15, 0.2) is 17.9 Å². The quantitative estimate of drug-likeness (QED) is 0.00744. The van der Waals surface area contributed by atoms with Crippen LogP contribution in [0.15, 0.2) is 101 Å². The number of benzene rings is 2. The number of carbonyl (C=O) groups excluding carboxylic acids is 17. The van der Waals surface area contributed by atoms with Gasteiger partial charge in [-0.2, -0.15) is 24.4 Å². The summed E-state index contributed by atoms with van der Waals surface area (Å²) in [4.78, 5) is 288. The largest absolute Gasteiger partial charge is 0.480 e. The SMILES string of the molecule is CSCCC(NC(=O)C(N)CO)C(=O)NC(CS)C(=O)NC(Cc1c[nH]cn1)C(=O)NC(CCCN=C(N)N)C(=O)NC(Cc1c[nH]c2ccccc12)C(=O)NC(CO)C(=O)NC(CCCN=C(N)N)C(=O)NC(C)C(=O)NC(C(=O)NC(CC(C)C)C(=O)NC(Cc1ccccc1)C(=O)N1CCCC1C(=O)NC(C)C(=O)NC(C)C(=O)NC(Cc1c[nH]cn1)C(=O)NC(CCCN=C(N)N)C(=O)N1CCCC1C(=O)O)C(C)C. The Kier molecular flexibility index (Phi) is 49.7. The van der Waals surface area contributed by atoms with E-state index in [-0.39, 0.29) is 158 Å². The molecule has 0 bridgehead atoms. The Morgan fingerprint density at radius 2 is 0.839 bits per heavy atom. The Hall–Kier alpha value is -14.8. The molecule has 2 aliphatic rings. The number of amides is 17. The number of likely N-dealkylation sites (tertiary alicyclic amines) is 2. The number of H-pyrrole nitrogens is 3. The minimum absolute atomic E-state index is 0.00785. The van der Waals surface area contributed by atoms with Crippen LogP contribution in [0.2, 0.25) is 0 Å². The normalized spacial score (nSPS) is 16.5. The second-order valence-corrected chi connectivity index (χ2v) is 38.4. The van der Waals surface area contributed by atoms with E-state index < -0.39 is 234 Å². The first-order valence-electron chi connectivity index (χ1n) is 49.0. The van der Waals surface area contributed by atoms with Crippen LogP contribution in [0.5, 0.6) is 0 Å². The molecule has 17 amide bonds. The van der Waals surface area contributed by atoms with E-state index in [1.54, 1.807) is 94.7 Å². The number of guanidine groups is 3. The number of rotatable bonds is 62. The van der Waals surface area contributed by atoms with Crippen molar-refractivity contribution in [3.05, 3.63) is 108 Å². The molecule has 0 saturated carbocycles. The molecule has 0 radical (unpaired) electrons. The van der Waals surface area contributed by atoms with Crippen LogP contribution in [0.3, 0.4) is 0 Å². The van der Waals surface area contributed by atoms with Gasteiger partial charge in [-0.15, -0.1) is 0 Å². The van der Waals surface area contributed by atoms with Crippen LogP contribution in [0, 0.1) is 11.8 Å². The number of aliphatic imine (C=N–C) groups is 3. The first-order chi connectivity index (χ1) is 70.8.